The van der Waals surface area contributed by atoms with Gasteiger partial charge in [-0.1, -0.05) is 36.4 Å². The second-order valence-corrected chi connectivity index (χ2v) is 9.90. The highest BCUT2D eigenvalue weighted by Gasteiger charge is 2.34. The van der Waals surface area contributed by atoms with E-state index < -0.39 is 0 Å². The molecular weight excluding hydrogens is 428 g/mol. The molecule has 2 aliphatic rings. The van der Waals surface area contributed by atoms with E-state index in [1.165, 1.54) is 5.56 Å². The Morgan fingerprint density at radius 2 is 1.79 bits per heavy atom. The van der Waals surface area contributed by atoms with Crippen LogP contribution in [0, 0.1) is 5.92 Å². The Bertz CT molecular complexity index is 1300. The molecule has 1 saturated heterocycles. The quantitative estimate of drug-likeness (QED) is 0.612. The highest BCUT2D eigenvalue weighted by Crippen LogP contribution is 2.35. The Labute approximate surface area is 199 Å². The van der Waals surface area contributed by atoms with Gasteiger partial charge in [-0.2, -0.15) is 0 Å². The predicted molar refractivity (Wildman–Crippen MR) is 132 cm³/mol. The van der Waals surface area contributed by atoms with Gasteiger partial charge in [0, 0.05) is 75.8 Å². The number of hydrogen-bond acceptors (Lipinski definition) is 5. The van der Waals surface area contributed by atoms with Crippen molar-refractivity contribution in [3.8, 4) is 5.75 Å². The summed E-state index contributed by atoms with van der Waals surface area (Å²) in [6, 6.07) is 17.3. The third-order valence-electron chi connectivity index (χ3n) is 7.30. The van der Waals surface area contributed by atoms with Gasteiger partial charge in [-0.15, -0.1) is 0 Å². The fraction of sp³-hybridized carbons (Fsp3) is 0.407. The summed E-state index contributed by atoms with van der Waals surface area (Å²) >= 11 is 0. The molecule has 178 valence electrons. The van der Waals surface area contributed by atoms with Crippen molar-refractivity contribution >= 4 is 0 Å². The predicted octanol–water partition coefficient (Wildman–Crippen LogP) is 2.50. The van der Waals surface area contributed by atoms with Crippen LogP contribution >= 0.6 is 0 Å². The summed E-state index contributed by atoms with van der Waals surface area (Å²) in [5.74, 6) is 0.582. The number of pyridine rings is 2. The fourth-order valence-electron chi connectivity index (χ4n) is 5.68. The third-order valence-corrected chi connectivity index (χ3v) is 7.30. The molecule has 0 unspecified atom stereocenters. The molecule has 3 aromatic rings. The standard InChI is InChI=1S/C27H32N4O3/c1-28(13-19-7-4-3-5-8-19)18-24-27(34)25(32)12-22(29(24)2)17-30-14-20-11-21(16-30)23-9-6-10-26(33)31(23)15-20/h3-10,12,20-21,34H,11,13-18H2,1-2H3/t20-,21-/m0/s1. The van der Waals surface area contributed by atoms with Crippen molar-refractivity contribution in [1.29, 1.82) is 0 Å². The van der Waals surface area contributed by atoms with E-state index in [1.54, 1.807) is 12.1 Å². The third kappa shape index (κ3) is 4.45. The van der Waals surface area contributed by atoms with Crippen molar-refractivity contribution in [3.63, 3.8) is 0 Å². The van der Waals surface area contributed by atoms with E-state index in [0.717, 1.165) is 44.0 Å². The van der Waals surface area contributed by atoms with Crippen molar-refractivity contribution < 1.29 is 5.11 Å². The van der Waals surface area contributed by atoms with Gasteiger partial charge in [-0.3, -0.25) is 19.4 Å². The maximum atomic E-state index is 12.7. The zero-order valence-corrected chi connectivity index (χ0v) is 19.9. The number of rotatable bonds is 6. The molecule has 7 nitrogen and oxygen atoms in total. The zero-order chi connectivity index (χ0) is 23.8. The fourth-order valence-corrected chi connectivity index (χ4v) is 5.68. The first-order valence-corrected chi connectivity index (χ1v) is 11.9. The summed E-state index contributed by atoms with van der Waals surface area (Å²) in [5.41, 5.74) is 3.60. The molecule has 4 heterocycles. The molecule has 0 aliphatic carbocycles. The number of fused-ring (bicyclic) bond motifs is 4. The minimum absolute atomic E-state index is 0.0887. The molecule has 1 aromatic carbocycles. The van der Waals surface area contributed by atoms with E-state index >= 15 is 0 Å². The highest BCUT2D eigenvalue weighted by molar-refractivity contribution is 5.30. The minimum atomic E-state index is -0.328. The van der Waals surface area contributed by atoms with E-state index in [2.05, 4.69) is 28.0 Å². The topological polar surface area (TPSA) is 70.7 Å². The second kappa shape index (κ2) is 9.24. The molecule has 0 amide bonds. The SMILES string of the molecule is CN(Cc1ccccc1)Cc1c(O)c(=O)cc(CN2C[C@@H]3C[C@@H](C2)c2cccc(=O)n2C3)n1C. The van der Waals surface area contributed by atoms with Gasteiger partial charge in [-0.05, 0) is 31.0 Å². The Hall–Kier alpha value is -3.16. The highest BCUT2D eigenvalue weighted by atomic mass is 16.3. The smallest absolute Gasteiger partial charge is 0.250 e. The molecule has 0 spiro atoms. The summed E-state index contributed by atoms with van der Waals surface area (Å²) in [7, 11) is 3.93. The summed E-state index contributed by atoms with van der Waals surface area (Å²) in [6.07, 6.45) is 1.10. The largest absolute Gasteiger partial charge is 0.503 e. The summed E-state index contributed by atoms with van der Waals surface area (Å²) in [4.78, 5) is 29.5. The first-order chi connectivity index (χ1) is 16.4. The van der Waals surface area contributed by atoms with E-state index in [9.17, 15) is 14.7 Å². The molecule has 2 bridgehead atoms. The van der Waals surface area contributed by atoms with Crippen LogP contribution in [0.15, 0.2) is 64.2 Å². The Kier molecular flexibility index (Phi) is 6.15. The number of nitrogens with zero attached hydrogens (tertiary/aromatic N) is 4. The van der Waals surface area contributed by atoms with E-state index in [-0.39, 0.29) is 16.7 Å². The Morgan fingerprint density at radius 3 is 2.59 bits per heavy atom. The van der Waals surface area contributed by atoms with Crippen LogP contribution in [0.25, 0.3) is 0 Å². The molecule has 1 N–H and O–H groups in total. The molecule has 1 fully saturated rings. The van der Waals surface area contributed by atoms with Crippen LogP contribution in [0.3, 0.4) is 0 Å². The van der Waals surface area contributed by atoms with Gasteiger partial charge in [0.1, 0.15) is 0 Å². The first kappa shape index (κ1) is 22.6. The normalized spacial score (nSPS) is 19.9. The van der Waals surface area contributed by atoms with Crippen LogP contribution in [0.5, 0.6) is 5.75 Å². The van der Waals surface area contributed by atoms with Gasteiger partial charge in [0.05, 0.1) is 5.69 Å². The maximum absolute atomic E-state index is 12.7. The number of aromatic hydroxyl groups is 1. The second-order valence-electron chi connectivity index (χ2n) is 9.90. The molecule has 2 atom stereocenters. The van der Waals surface area contributed by atoms with Crippen LogP contribution < -0.4 is 11.0 Å². The van der Waals surface area contributed by atoms with Gasteiger partial charge in [0.2, 0.25) is 5.43 Å². The molecular formula is C27H32N4O3. The monoisotopic (exact) mass is 460 g/mol. The average molecular weight is 461 g/mol. The molecule has 5 rings (SSSR count). The molecule has 7 heteroatoms. The van der Waals surface area contributed by atoms with Gasteiger partial charge in [0.15, 0.2) is 5.75 Å². The maximum Gasteiger partial charge on any atom is 0.250 e. The van der Waals surface area contributed by atoms with Crippen LogP contribution in [-0.4, -0.2) is 44.2 Å². The van der Waals surface area contributed by atoms with Gasteiger partial charge < -0.3 is 14.2 Å². The van der Waals surface area contributed by atoms with Crippen molar-refractivity contribution in [2.75, 3.05) is 20.1 Å². The Morgan fingerprint density at radius 1 is 1.00 bits per heavy atom. The lowest BCUT2D eigenvalue weighted by molar-refractivity contribution is 0.112. The van der Waals surface area contributed by atoms with E-state index in [0.29, 0.717) is 30.6 Å². The minimum Gasteiger partial charge on any atom is -0.503 e. The van der Waals surface area contributed by atoms with E-state index in [4.69, 9.17) is 0 Å². The van der Waals surface area contributed by atoms with E-state index in [1.807, 2.05) is 47.5 Å². The van der Waals surface area contributed by atoms with Crippen molar-refractivity contribution in [2.45, 2.75) is 38.5 Å². The van der Waals surface area contributed by atoms with Crippen LogP contribution in [0.4, 0.5) is 0 Å². The van der Waals surface area contributed by atoms with Gasteiger partial charge >= 0.3 is 0 Å². The molecule has 0 radical (unpaired) electrons. The summed E-state index contributed by atoms with van der Waals surface area (Å²) in [5, 5.41) is 10.6. The van der Waals surface area contributed by atoms with Gasteiger partial charge in [-0.25, -0.2) is 0 Å². The molecule has 34 heavy (non-hydrogen) atoms. The van der Waals surface area contributed by atoms with Gasteiger partial charge in [0.25, 0.3) is 5.56 Å². The lowest BCUT2D eigenvalue weighted by atomic mass is 9.83. The van der Waals surface area contributed by atoms with Crippen LogP contribution in [0.2, 0.25) is 0 Å². The summed E-state index contributed by atoms with van der Waals surface area (Å²) in [6.45, 7) is 4.36. The number of aromatic nitrogens is 2. The first-order valence-electron chi connectivity index (χ1n) is 11.9. The molecule has 2 aromatic heterocycles. The summed E-state index contributed by atoms with van der Waals surface area (Å²) < 4.78 is 3.91. The number of likely N-dealkylation sites (tertiary alicyclic amines) is 1. The van der Waals surface area contributed by atoms with Crippen molar-refractivity contribution in [2.24, 2.45) is 13.0 Å². The Balaban J connectivity index is 1.35. The van der Waals surface area contributed by atoms with Crippen molar-refractivity contribution in [1.82, 2.24) is 18.9 Å². The average Bonchev–Trinajstić information content (AvgIpc) is 2.81. The number of benzene rings is 1. The molecule has 0 saturated carbocycles. The van der Waals surface area contributed by atoms with Crippen LogP contribution in [0.1, 0.15) is 35.0 Å². The number of hydrogen-bond donors (Lipinski definition) is 1. The lowest BCUT2D eigenvalue weighted by Gasteiger charge is -2.43. The lowest BCUT2D eigenvalue weighted by Crippen LogP contribution is -2.47. The zero-order valence-electron chi connectivity index (χ0n) is 19.9. The number of piperidine rings is 1. The molecule has 2 aliphatic heterocycles. The van der Waals surface area contributed by atoms with Crippen LogP contribution in [-0.2, 0) is 33.2 Å². The van der Waals surface area contributed by atoms with Crippen molar-refractivity contribution in [3.05, 3.63) is 97.8 Å².